The summed E-state index contributed by atoms with van der Waals surface area (Å²) in [7, 11) is 1.56. The molecule has 0 atom stereocenters. The average Bonchev–Trinajstić information content (AvgIpc) is 2.15. The summed E-state index contributed by atoms with van der Waals surface area (Å²) in [5.74, 6) is 0.692. The Morgan fingerprint density at radius 3 is 2.86 bits per heavy atom. The van der Waals surface area contributed by atoms with E-state index in [1.54, 1.807) is 25.3 Å². The zero-order valence-electron chi connectivity index (χ0n) is 7.40. The third-order valence-electron chi connectivity index (χ3n) is 1.50. The van der Waals surface area contributed by atoms with Crippen LogP contribution in [0.4, 0.5) is 4.79 Å². The van der Waals surface area contributed by atoms with E-state index in [-0.39, 0.29) is 0 Å². The van der Waals surface area contributed by atoms with Crippen LogP contribution in [0.3, 0.4) is 0 Å². The molecule has 1 N–H and O–H groups in total. The molecule has 0 saturated heterocycles. The summed E-state index contributed by atoms with van der Waals surface area (Å²) < 4.78 is 5.78. The van der Waals surface area contributed by atoms with E-state index in [1.165, 1.54) is 6.21 Å². The van der Waals surface area contributed by atoms with Crippen molar-refractivity contribution in [1.82, 2.24) is 0 Å². The van der Waals surface area contributed by atoms with Crippen molar-refractivity contribution in [1.29, 1.82) is 0 Å². The second-order valence-electron chi connectivity index (χ2n) is 2.43. The third-order valence-corrected chi connectivity index (χ3v) is 2.12. The second kappa shape index (κ2) is 4.76. The van der Waals surface area contributed by atoms with Crippen molar-refractivity contribution >= 4 is 28.2 Å². The molecule has 0 radical (unpaired) electrons. The molecule has 0 aliphatic rings. The van der Waals surface area contributed by atoms with Crippen LogP contribution in [-0.4, -0.2) is 24.5 Å². The fourth-order valence-corrected chi connectivity index (χ4v) is 1.45. The summed E-state index contributed by atoms with van der Waals surface area (Å²) in [5.41, 5.74) is 0.695. The lowest BCUT2D eigenvalue weighted by Crippen LogP contribution is -1.90. The van der Waals surface area contributed by atoms with Crippen LogP contribution >= 0.6 is 15.9 Å². The predicted octanol–water partition coefficient (Wildman–Crippen LogP) is 2.55. The van der Waals surface area contributed by atoms with Crippen molar-refractivity contribution in [3.63, 3.8) is 0 Å². The van der Waals surface area contributed by atoms with E-state index in [9.17, 15) is 4.79 Å². The van der Waals surface area contributed by atoms with Gasteiger partial charge in [0.1, 0.15) is 5.75 Å². The highest BCUT2D eigenvalue weighted by molar-refractivity contribution is 9.10. The van der Waals surface area contributed by atoms with Gasteiger partial charge in [-0.3, -0.25) is 0 Å². The summed E-state index contributed by atoms with van der Waals surface area (Å²) in [6.45, 7) is 0. The number of rotatable bonds is 2. The van der Waals surface area contributed by atoms with Crippen molar-refractivity contribution in [3.05, 3.63) is 28.2 Å². The van der Waals surface area contributed by atoms with Gasteiger partial charge in [0, 0.05) is 6.21 Å². The van der Waals surface area contributed by atoms with E-state index in [1.807, 2.05) is 0 Å². The predicted molar refractivity (Wildman–Crippen MR) is 56.3 cm³/mol. The number of carbonyl (C=O) groups is 1. The van der Waals surface area contributed by atoms with Gasteiger partial charge < -0.3 is 9.84 Å². The SMILES string of the molecule is COc1ccc(C=NC(=O)O)cc1Br. The molecule has 4 nitrogen and oxygen atoms in total. The number of hydrogen-bond donors (Lipinski definition) is 1. The minimum absolute atomic E-state index is 0.692. The van der Waals surface area contributed by atoms with E-state index in [0.29, 0.717) is 11.3 Å². The smallest absolute Gasteiger partial charge is 0.431 e. The molecule has 0 aliphatic heterocycles. The number of hydrogen-bond acceptors (Lipinski definition) is 2. The van der Waals surface area contributed by atoms with Gasteiger partial charge in [-0.2, -0.15) is 4.99 Å². The van der Waals surface area contributed by atoms with Crippen LogP contribution in [0, 0.1) is 0 Å². The molecule has 0 saturated carbocycles. The summed E-state index contributed by atoms with van der Waals surface area (Å²) in [5, 5.41) is 8.31. The van der Waals surface area contributed by atoms with Crippen molar-refractivity contribution in [3.8, 4) is 5.75 Å². The number of aliphatic imine (C=N–C) groups is 1. The summed E-state index contributed by atoms with van der Waals surface area (Å²) in [6.07, 6.45) is 0.0592. The Morgan fingerprint density at radius 1 is 1.64 bits per heavy atom. The maximum absolute atomic E-state index is 10.1. The first-order valence-electron chi connectivity index (χ1n) is 3.74. The van der Waals surface area contributed by atoms with E-state index in [0.717, 1.165) is 4.47 Å². The lowest BCUT2D eigenvalue weighted by atomic mass is 10.2. The standard InChI is InChI=1S/C9H8BrNO3/c1-14-8-3-2-6(4-7(8)10)5-11-9(12)13/h2-5H,1H3,(H,12,13). The fraction of sp³-hybridized carbons (Fsp3) is 0.111. The number of nitrogens with zero attached hydrogens (tertiary/aromatic N) is 1. The zero-order chi connectivity index (χ0) is 10.6. The molecule has 1 rings (SSSR count). The van der Waals surface area contributed by atoms with Crippen molar-refractivity contribution in [2.24, 2.45) is 4.99 Å². The molecule has 0 bridgehead atoms. The highest BCUT2D eigenvalue weighted by Gasteiger charge is 1.99. The zero-order valence-corrected chi connectivity index (χ0v) is 8.98. The fourth-order valence-electron chi connectivity index (χ4n) is 0.893. The van der Waals surface area contributed by atoms with Crippen molar-refractivity contribution in [2.45, 2.75) is 0 Å². The highest BCUT2D eigenvalue weighted by Crippen LogP contribution is 2.24. The van der Waals surface area contributed by atoms with Gasteiger partial charge in [-0.25, -0.2) is 4.79 Å². The Bertz CT molecular complexity index is 376. The lowest BCUT2D eigenvalue weighted by Gasteiger charge is -2.02. The third kappa shape index (κ3) is 2.85. The molecule has 0 unspecified atom stereocenters. The van der Waals surface area contributed by atoms with Crippen LogP contribution < -0.4 is 4.74 Å². The van der Waals surface area contributed by atoms with Crippen LogP contribution in [0.2, 0.25) is 0 Å². The first-order valence-corrected chi connectivity index (χ1v) is 4.53. The Morgan fingerprint density at radius 2 is 2.36 bits per heavy atom. The van der Waals surface area contributed by atoms with Gasteiger partial charge in [-0.15, -0.1) is 0 Å². The second-order valence-corrected chi connectivity index (χ2v) is 3.29. The van der Waals surface area contributed by atoms with Crippen molar-refractivity contribution < 1.29 is 14.6 Å². The van der Waals surface area contributed by atoms with Crippen LogP contribution in [-0.2, 0) is 0 Å². The van der Waals surface area contributed by atoms with Crippen molar-refractivity contribution in [2.75, 3.05) is 7.11 Å². The normalized spacial score (nSPS) is 10.4. The molecule has 1 aromatic carbocycles. The molecule has 0 fully saturated rings. The molecule has 0 aromatic heterocycles. The monoisotopic (exact) mass is 257 g/mol. The Labute approximate surface area is 89.4 Å². The van der Waals surface area contributed by atoms with Gasteiger partial charge in [-0.05, 0) is 39.7 Å². The summed E-state index contributed by atoms with van der Waals surface area (Å²) in [6, 6.07) is 5.18. The Hall–Kier alpha value is -1.36. The van der Waals surface area contributed by atoms with Crippen LogP contribution in [0.1, 0.15) is 5.56 Å². The van der Waals surface area contributed by atoms with Gasteiger partial charge in [0.2, 0.25) is 0 Å². The minimum Gasteiger partial charge on any atom is -0.496 e. The largest absolute Gasteiger partial charge is 0.496 e. The summed E-state index contributed by atoms with van der Waals surface area (Å²) in [4.78, 5) is 13.4. The van der Waals surface area contributed by atoms with Crippen LogP contribution in [0.25, 0.3) is 0 Å². The van der Waals surface area contributed by atoms with E-state index >= 15 is 0 Å². The highest BCUT2D eigenvalue weighted by atomic mass is 79.9. The molecule has 1 amide bonds. The van der Waals surface area contributed by atoms with Crippen LogP contribution in [0.15, 0.2) is 27.7 Å². The molecule has 14 heavy (non-hydrogen) atoms. The van der Waals surface area contributed by atoms with Crippen LogP contribution in [0.5, 0.6) is 5.75 Å². The first kappa shape index (κ1) is 10.7. The van der Waals surface area contributed by atoms with E-state index < -0.39 is 6.09 Å². The van der Waals surface area contributed by atoms with Gasteiger partial charge in [0.25, 0.3) is 0 Å². The molecule has 1 aromatic rings. The lowest BCUT2D eigenvalue weighted by molar-refractivity contribution is 0.206. The number of carboxylic acid groups (broad SMARTS) is 1. The minimum atomic E-state index is -1.21. The molecule has 0 heterocycles. The van der Waals surface area contributed by atoms with Gasteiger partial charge in [0.05, 0.1) is 11.6 Å². The van der Waals surface area contributed by atoms with Gasteiger partial charge >= 0.3 is 6.09 Å². The Kier molecular flexibility index (Phi) is 3.64. The number of amides is 1. The number of ether oxygens (including phenoxy) is 1. The quantitative estimate of drug-likeness (QED) is 0.829. The number of halogens is 1. The first-order chi connectivity index (χ1) is 6.63. The van der Waals surface area contributed by atoms with E-state index in [4.69, 9.17) is 9.84 Å². The van der Waals surface area contributed by atoms with Gasteiger partial charge in [0.15, 0.2) is 0 Å². The molecular formula is C9H8BrNO3. The topological polar surface area (TPSA) is 58.9 Å². The Balaban J connectivity index is 2.91. The average molecular weight is 258 g/mol. The maximum atomic E-state index is 10.1. The van der Waals surface area contributed by atoms with E-state index in [2.05, 4.69) is 20.9 Å². The molecule has 74 valence electrons. The number of methoxy groups -OCH3 is 1. The number of benzene rings is 1. The molecule has 0 aliphatic carbocycles. The maximum Gasteiger partial charge on any atom is 0.431 e. The summed E-state index contributed by atoms with van der Waals surface area (Å²) >= 11 is 3.28. The molecule has 0 spiro atoms. The molecular weight excluding hydrogens is 250 g/mol. The van der Waals surface area contributed by atoms with Gasteiger partial charge in [-0.1, -0.05) is 0 Å². The molecule has 5 heteroatoms.